The lowest BCUT2D eigenvalue weighted by molar-refractivity contribution is -0.666. The van der Waals surface area contributed by atoms with Gasteiger partial charge in [-0.1, -0.05) is 17.7 Å². The number of nitrogens with one attached hydrogen (secondary N) is 1. The number of H-pyrrole nitrogens is 1. The van der Waals surface area contributed by atoms with E-state index in [4.69, 9.17) is 17.4 Å². The number of halogens is 1. The molecule has 0 amide bonds. The smallest absolute Gasteiger partial charge is 0.358 e. The Bertz CT molecular complexity index is 587. The zero-order valence-corrected chi connectivity index (χ0v) is 10.7. The van der Waals surface area contributed by atoms with Crippen LogP contribution in [-0.2, 0) is 4.79 Å². The third-order valence-electron chi connectivity index (χ3n) is 2.12. The van der Waals surface area contributed by atoms with Crippen LogP contribution >= 0.6 is 23.4 Å². The van der Waals surface area contributed by atoms with E-state index in [0.29, 0.717) is 16.0 Å². The van der Waals surface area contributed by atoms with Crippen molar-refractivity contribution in [2.75, 3.05) is 11.6 Å². The molecule has 0 fully saturated rings. The van der Waals surface area contributed by atoms with Crippen LogP contribution in [0.2, 0.25) is 5.02 Å². The molecular weight excluding hydrogens is 276 g/mol. The summed E-state index contributed by atoms with van der Waals surface area (Å²) < 4.78 is 1.28. The van der Waals surface area contributed by atoms with Crippen molar-refractivity contribution in [1.29, 1.82) is 0 Å². The lowest BCUT2D eigenvalue weighted by atomic mass is 10.2. The zero-order chi connectivity index (χ0) is 13.1. The second kappa shape index (κ2) is 5.28. The molecule has 0 atom stereocenters. The number of hydrogen-bond donors (Lipinski definition) is 2. The summed E-state index contributed by atoms with van der Waals surface area (Å²) in [5.41, 5.74) is 0.762. The normalized spacial score (nSPS) is 10.5. The molecule has 0 bridgehead atoms. The molecule has 94 valence electrons. The third kappa shape index (κ3) is 2.74. The molecule has 18 heavy (non-hydrogen) atoms. The zero-order valence-electron chi connectivity index (χ0n) is 9.09. The van der Waals surface area contributed by atoms with Gasteiger partial charge in [0.05, 0.1) is 16.6 Å². The van der Waals surface area contributed by atoms with Crippen molar-refractivity contribution in [3.63, 3.8) is 0 Å². The lowest BCUT2D eigenvalue weighted by Gasteiger charge is -1.98. The quantitative estimate of drug-likeness (QED) is 0.451. The van der Waals surface area contributed by atoms with Crippen molar-refractivity contribution in [2.45, 2.75) is 5.16 Å². The van der Waals surface area contributed by atoms with E-state index in [1.165, 1.54) is 4.68 Å². The SMILES string of the molecule is N[n+]1c(SCC(=O)[O-])n[nH]c1-c1cccc(Cl)c1. The van der Waals surface area contributed by atoms with Gasteiger partial charge < -0.3 is 9.90 Å². The van der Waals surface area contributed by atoms with E-state index in [-0.39, 0.29) is 5.75 Å². The van der Waals surface area contributed by atoms with Crippen molar-refractivity contribution in [3.05, 3.63) is 29.3 Å². The summed E-state index contributed by atoms with van der Waals surface area (Å²) in [4.78, 5) is 10.4. The van der Waals surface area contributed by atoms with Crippen molar-refractivity contribution in [1.82, 2.24) is 10.2 Å². The Balaban J connectivity index is 2.28. The van der Waals surface area contributed by atoms with Gasteiger partial charge in [0.1, 0.15) is 0 Å². The Morgan fingerprint density at radius 1 is 1.61 bits per heavy atom. The van der Waals surface area contributed by atoms with Crippen molar-refractivity contribution in [3.8, 4) is 11.4 Å². The van der Waals surface area contributed by atoms with E-state index in [9.17, 15) is 9.90 Å². The average molecular weight is 285 g/mol. The highest BCUT2D eigenvalue weighted by Gasteiger charge is 2.20. The molecule has 0 aliphatic rings. The predicted molar refractivity (Wildman–Crippen MR) is 65.1 cm³/mol. The number of carboxylic acid groups (broad SMARTS) is 1. The number of carboxylic acids is 1. The molecule has 1 aromatic heterocycles. The molecule has 2 aromatic rings. The van der Waals surface area contributed by atoms with Gasteiger partial charge in [-0.15, -0.1) is 9.77 Å². The number of aliphatic carboxylic acids is 1. The molecule has 0 unspecified atom stereocenters. The third-order valence-corrected chi connectivity index (χ3v) is 3.28. The highest BCUT2D eigenvalue weighted by atomic mass is 35.5. The highest BCUT2D eigenvalue weighted by Crippen LogP contribution is 2.19. The summed E-state index contributed by atoms with van der Waals surface area (Å²) in [6.45, 7) is 0. The van der Waals surface area contributed by atoms with Gasteiger partial charge in [-0.05, 0) is 30.0 Å². The molecule has 2 rings (SSSR count). The number of aromatic nitrogens is 3. The monoisotopic (exact) mass is 284 g/mol. The van der Waals surface area contributed by atoms with Gasteiger partial charge in [0, 0.05) is 10.8 Å². The minimum absolute atomic E-state index is 0.211. The fraction of sp³-hybridized carbons (Fsp3) is 0.100. The van der Waals surface area contributed by atoms with Crippen LogP contribution in [0.25, 0.3) is 11.4 Å². The number of thioether (sulfide) groups is 1. The van der Waals surface area contributed by atoms with Crippen LogP contribution in [0, 0.1) is 0 Å². The molecule has 6 nitrogen and oxygen atoms in total. The second-order valence-electron chi connectivity index (χ2n) is 3.40. The first-order chi connectivity index (χ1) is 8.58. The number of nitrogen functional groups attached to an aromatic ring is 1. The summed E-state index contributed by atoms with van der Waals surface area (Å²) in [5.74, 6) is 4.97. The number of hydrogen-bond acceptors (Lipinski definition) is 5. The van der Waals surface area contributed by atoms with Crippen molar-refractivity contribution >= 4 is 29.3 Å². The molecule has 1 aromatic carbocycles. The second-order valence-corrected chi connectivity index (χ2v) is 4.77. The Morgan fingerprint density at radius 3 is 3.06 bits per heavy atom. The standard InChI is InChI=1S/C10H9ClN4O2S/c11-7-3-1-2-6(4-7)9-13-14-10(15(9)12)18-5-8(16)17/h1-4H,5,12H2,(H,16,17). The van der Waals surface area contributed by atoms with Crippen molar-refractivity contribution < 1.29 is 14.6 Å². The van der Waals surface area contributed by atoms with E-state index in [2.05, 4.69) is 10.2 Å². The Hall–Kier alpha value is -1.73. The number of carbonyl (C=O) groups is 1. The van der Waals surface area contributed by atoms with Crippen LogP contribution in [0.1, 0.15) is 0 Å². The van der Waals surface area contributed by atoms with E-state index >= 15 is 0 Å². The topological polar surface area (TPSA) is 98.7 Å². The minimum Gasteiger partial charge on any atom is -0.549 e. The Morgan fingerprint density at radius 2 is 2.39 bits per heavy atom. The van der Waals surface area contributed by atoms with Gasteiger partial charge in [0.15, 0.2) is 0 Å². The van der Waals surface area contributed by atoms with Crippen LogP contribution in [0.5, 0.6) is 0 Å². The number of nitrogens with zero attached hydrogens (tertiary/aromatic N) is 2. The van der Waals surface area contributed by atoms with Gasteiger partial charge in [-0.2, -0.15) is 0 Å². The fourth-order valence-corrected chi connectivity index (χ4v) is 2.15. The number of nitrogens with two attached hydrogens (primary N) is 1. The fourth-order valence-electron chi connectivity index (χ4n) is 1.37. The molecule has 0 aliphatic carbocycles. The highest BCUT2D eigenvalue weighted by molar-refractivity contribution is 7.99. The largest absolute Gasteiger partial charge is 0.549 e. The first-order valence-corrected chi connectivity index (χ1v) is 6.28. The molecule has 0 spiro atoms. The average Bonchev–Trinajstić information content (AvgIpc) is 2.68. The van der Waals surface area contributed by atoms with Crippen molar-refractivity contribution in [2.24, 2.45) is 0 Å². The van der Waals surface area contributed by atoms with E-state index in [0.717, 1.165) is 17.3 Å². The molecule has 0 radical (unpaired) electrons. The van der Waals surface area contributed by atoms with Crippen LogP contribution in [-0.4, -0.2) is 21.9 Å². The molecule has 3 N–H and O–H groups in total. The van der Waals surface area contributed by atoms with E-state index in [1.807, 2.05) is 6.07 Å². The molecule has 1 heterocycles. The molecule has 0 aliphatic heterocycles. The number of rotatable bonds is 4. The van der Waals surface area contributed by atoms with Crippen LogP contribution in [0.4, 0.5) is 0 Å². The van der Waals surface area contributed by atoms with Gasteiger partial charge in [-0.25, -0.2) is 0 Å². The first-order valence-electron chi connectivity index (χ1n) is 4.92. The number of benzene rings is 1. The van der Waals surface area contributed by atoms with Gasteiger partial charge in [0.25, 0.3) is 5.82 Å². The van der Waals surface area contributed by atoms with Gasteiger partial charge in [-0.3, -0.25) is 5.84 Å². The summed E-state index contributed by atoms with van der Waals surface area (Å²) in [6.07, 6.45) is 0. The number of carbonyl (C=O) groups excluding carboxylic acids is 1. The summed E-state index contributed by atoms with van der Waals surface area (Å²) >= 11 is 6.86. The lowest BCUT2D eigenvalue weighted by Crippen LogP contribution is -2.47. The minimum atomic E-state index is -1.17. The maximum atomic E-state index is 10.4. The first kappa shape index (κ1) is 12.7. The molecular formula is C10H9ClN4O2S. The molecule has 0 saturated carbocycles. The molecule has 8 heteroatoms. The van der Waals surface area contributed by atoms with Crippen LogP contribution < -0.4 is 15.6 Å². The maximum absolute atomic E-state index is 10.4. The van der Waals surface area contributed by atoms with E-state index in [1.54, 1.807) is 18.2 Å². The summed E-state index contributed by atoms with van der Waals surface area (Å²) in [6, 6.07) is 7.07. The summed E-state index contributed by atoms with van der Waals surface area (Å²) in [7, 11) is 0. The van der Waals surface area contributed by atoms with Crippen LogP contribution in [0.15, 0.2) is 29.4 Å². The van der Waals surface area contributed by atoms with Gasteiger partial charge in [0.2, 0.25) is 0 Å². The van der Waals surface area contributed by atoms with E-state index < -0.39 is 5.97 Å². The van der Waals surface area contributed by atoms with Crippen LogP contribution in [0.3, 0.4) is 0 Å². The molecule has 0 saturated heterocycles. The maximum Gasteiger partial charge on any atom is 0.358 e. The predicted octanol–water partition coefficient (Wildman–Crippen LogP) is -0.427. The Labute approximate surface area is 112 Å². The van der Waals surface area contributed by atoms with Gasteiger partial charge >= 0.3 is 5.16 Å². The number of aromatic amines is 1. The Kier molecular flexibility index (Phi) is 3.73. The summed E-state index contributed by atoms with van der Waals surface area (Å²) in [5, 5.41) is 18.0.